The van der Waals surface area contributed by atoms with Gasteiger partial charge in [-0.3, -0.25) is 0 Å². The van der Waals surface area contributed by atoms with Gasteiger partial charge in [0.1, 0.15) is 10.6 Å². The molecule has 6 nitrogen and oxygen atoms in total. The van der Waals surface area contributed by atoms with Gasteiger partial charge < -0.3 is 20.1 Å². The van der Waals surface area contributed by atoms with Gasteiger partial charge in [0.2, 0.25) is 0 Å². The van der Waals surface area contributed by atoms with Crippen LogP contribution in [0.1, 0.15) is 21.7 Å². The summed E-state index contributed by atoms with van der Waals surface area (Å²) in [6.07, 6.45) is -3.80. The number of aliphatic hydroxyl groups is 1. The predicted octanol–water partition coefficient (Wildman–Crippen LogP) is 4.64. The van der Waals surface area contributed by atoms with Crippen molar-refractivity contribution in [3.63, 3.8) is 0 Å². The number of ether oxygens (including phenoxy) is 1. The molecule has 0 bridgehead atoms. The van der Waals surface area contributed by atoms with Crippen LogP contribution >= 0.6 is 11.3 Å². The minimum atomic E-state index is -4.38. The smallest absolute Gasteiger partial charge is 0.380 e. The molecule has 3 aromatic rings. The highest BCUT2D eigenvalue weighted by Crippen LogP contribution is 2.35. The van der Waals surface area contributed by atoms with E-state index >= 15 is 0 Å². The molecule has 2 aliphatic heterocycles. The first-order valence-electron chi connectivity index (χ1n) is 10.3. The SMILES string of the molecule is O=C(Nc1ccc(C2(O)COC2)cc1)N1CCc2nc(-c3ccc(C(F)(F)F)cc3)sc2C1. The molecule has 3 heterocycles. The lowest BCUT2D eigenvalue weighted by Gasteiger charge is -2.36. The molecule has 0 radical (unpaired) electrons. The van der Waals surface area contributed by atoms with E-state index in [1.165, 1.54) is 23.5 Å². The van der Waals surface area contributed by atoms with Crippen LogP contribution in [0.4, 0.5) is 23.7 Å². The minimum Gasteiger partial charge on any atom is -0.380 e. The van der Waals surface area contributed by atoms with Crippen LogP contribution < -0.4 is 5.32 Å². The lowest BCUT2D eigenvalue weighted by Crippen LogP contribution is -2.46. The molecule has 10 heteroatoms. The van der Waals surface area contributed by atoms with Crippen LogP contribution in [-0.2, 0) is 29.5 Å². The Labute approximate surface area is 191 Å². The normalized spacial score (nSPS) is 17.3. The van der Waals surface area contributed by atoms with E-state index in [1.807, 2.05) is 0 Å². The third kappa shape index (κ3) is 4.33. The van der Waals surface area contributed by atoms with Crippen LogP contribution in [0, 0.1) is 0 Å². The third-order valence-electron chi connectivity index (χ3n) is 5.83. The molecule has 172 valence electrons. The Hall–Kier alpha value is -2.95. The maximum atomic E-state index is 12.8. The Morgan fingerprint density at radius 3 is 2.42 bits per heavy atom. The molecule has 2 amide bonds. The summed E-state index contributed by atoms with van der Waals surface area (Å²) in [5, 5.41) is 13.8. The highest BCUT2D eigenvalue weighted by atomic mass is 32.1. The Morgan fingerprint density at radius 1 is 1.12 bits per heavy atom. The van der Waals surface area contributed by atoms with E-state index in [0.29, 0.717) is 35.8 Å². The summed E-state index contributed by atoms with van der Waals surface area (Å²) in [6.45, 7) is 1.40. The highest BCUT2D eigenvalue weighted by molar-refractivity contribution is 7.15. The zero-order chi connectivity index (χ0) is 23.2. The van der Waals surface area contributed by atoms with Crippen LogP contribution in [0.5, 0.6) is 0 Å². The number of alkyl halides is 3. The molecule has 1 fully saturated rings. The molecule has 1 aromatic heterocycles. The number of urea groups is 1. The summed E-state index contributed by atoms with van der Waals surface area (Å²) >= 11 is 1.39. The maximum absolute atomic E-state index is 12.8. The quantitative estimate of drug-likeness (QED) is 0.579. The second-order valence-corrected chi connectivity index (χ2v) is 9.25. The van der Waals surface area contributed by atoms with Gasteiger partial charge in [0.05, 0.1) is 31.0 Å². The number of nitrogens with one attached hydrogen (secondary N) is 1. The van der Waals surface area contributed by atoms with Gasteiger partial charge in [-0.1, -0.05) is 24.3 Å². The van der Waals surface area contributed by atoms with Crippen LogP contribution in [0.15, 0.2) is 48.5 Å². The summed E-state index contributed by atoms with van der Waals surface area (Å²) < 4.78 is 43.5. The van der Waals surface area contributed by atoms with Gasteiger partial charge >= 0.3 is 12.2 Å². The average molecular weight is 475 g/mol. The third-order valence-corrected chi connectivity index (χ3v) is 6.96. The summed E-state index contributed by atoms with van der Waals surface area (Å²) in [6, 6.07) is 11.7. The molecule has 2 N–H and O–H groups in total. The first-order valence-corrected chi connectivity index (χ1v) is 11.2. The molecule has 0 saturated carbocycles. The molecule has 2 aliphatic rings. The minimum absolute atomic E-state index is 0.247. The van der Waals surface area contributed by atoms with Crippen LogP contribution in [0.2, 0.25) is 0 Å². The number of halogens is 3. The van der Waals surface area contributed by atoms with E-state index in [4.69, 9.17) is 4.74 Å². The van der Waals surface area contributed by atoms with E-state index in [0.717, 1.165) is 28.3 Å². The fourth-order valence-electron chi connectivity index (χ4n) is 3.82. The topological polar surface area (TPSA) is 74.7 Å². The number of hydrogen-bond acceptors (Lipinski definition) is 5. The molecule has 0 spiro atoms. The predicted molar refractivity (Wildman–Crippen MR) is 117 cm³/mol. The second-order valence-electron chi connectivity index (χ2n) is 8.17. The van der Waals surface area contributed by atoms with Crippen molar-refractivity contribution in [2.24, 2.45) is 0 Å². The molecule has 0 atom stereocenters. The van der Waals surface area contributed by atoms with E-state index in [1.54, 1.807) is 29.2 Å². The molecule has 5 rings (SSSR count). The summed E-state index contributed by atoms with van der Waals surface area (Å²) in [5.41, 5.74) is 1.21. The van der Waals surface area contributed by atoms with Gasteiger partial charge in [-0.05, 0) is 29.8 Å². The van der Waals surface area contributed by atoms with Crippen molar-refractivity contribution in [1.29, 1.82) is 0 Å². The molecular formula is C23H20F3N3O3S. The summed E-state index contributed by atoms with van der Waals surface area (Å²) in [5.74, 6) is 0. The molecule has 1 saturated heterocycles. The number of thiazole rings is 1. The van der Waals surface area contributed by atoms with Gasteiger partial charge in [-0.15, -0.1) is 11.3 Å². The van der Waals surface area contributed by atoms with Crippen molar-refractivity contribution >= 4 is 23.1 Å². The number of carbonyl (C=O) groups excluding carboxylic acids is 1. The summed E-state index contributed by atoms with van der Waals surface area (Å²) in [7, 11) is 0. The lowest BCUT2D eigenvalue weighted by atomic mass is 9.92. The van der Waals surface area contributed by atoms with Crippen molar-refractivity contribution in [3.05, 3.63) is 70.2 Å². The van der Waals surface area contributed by atoms with Crippen molar-refractivity contribution in [3.8, 4) is 10.6 Å². The van der Waals surface area contributed by atoms with Crippen LogP contribution in [-0.4, -0.2) is 40.8 Å². The second kappa shape index (κ2) is 8.12. The molecule has 33 heavy (non-hydrogen) atoms. The fraction of sp³-hybridized carbons (Fsp3) is 0.304. The number of anilines is 1. The number of aromatic nitrogens is 1. The van der Waals surface area contributed by atoms with Crippen LogP contribution in [0.25, 0.3) is 10.6 Å². The number of carbonyl (C=O) groups is 1. The zero-order valence-electron chi connectivity index (χ0n) is 17.4. The van der Waals surface area contributed by atoms with E-state index < -0.39 is 17.3 Å². The fourth-order valence-corrected chi connectivity index (χ4v) is 4.95. The molecule has 2 aromatic carbocycles. The number of fused-ring (bicyclic) bond motifs is 1. The summed E-state index contributed by atoms with van der Waals surface area (Å²) in [4.78, 5) is 19.9. The van der Waals surface area contributed by atoms with E-state index in [-0.39, 0.29) is 19.2 Å². The number of amides is 2. The van der Waals surface area contributed by atoms with Gasteiger partial charge in [0.15, 0.2) is 0 Å². The largest absolute Gasteiger partial charge is 0.416 e. The highest BCUT2D eigenvalue weighted by Gasteiger charge is 2.37. The Morgan fingerprint density at radius 2 is 1.82 bits per heavy atom. The number of benzene rings is 2. The lowest BCUT2D eigenvalue weighted by molar-refractivity contribution is -0.184. The molecule has 0 aliphatic carbocycles. The van der Waals surface area contributed by atoms with Gasteiger partial charge in [0, 0.05) is 29.1 Å². The molecule has 0 unspecified atom stereocenters. The van der Waals surface area contributed by atoms with Gasteiger partial charge in [-0.25, -0.2) is 9.78 Å². The van der Waals surface area contributed by atoms with Crippen LogP contribution in [0.3, 0.4) is 0 Å². The van der Waals surface area contributed by atoms with Gasteiger partial charge in [0.25, 0.3) is 0 Å². The van der Waals surface area contributed by atoms with Crippen molar-refractivity contribution < 1.29 is 27.8 Å². The van der Waals surface area contributed by atoms with Crippen molar-refractivity contribution in [2.45, 2.75) is 24.7 Å². The van der Waals surface area contributed by atoms with E-state index in [2.05, 4.69) is 10.3 Å². The number of hydrogen-bond donors (Lipinski definition) is 2. The van der Waals surface area contributed by atoms with Gasteiger partial charge in [-0.2, -0.15) is 13.2 Å². The first-order chi connectivity index (χ1) is 15.7. The number of nitrogens with zero attached hydrogens (tertiary/aromatic N) is 2. The standard InChI is InChI=1S/C23H20F3N3O3S/c24-23(25,26)16-3-1-14(2-4-16)20-28-18-9-10-29(11-19(18)33-20)21(30)27-17-7-5-15(6-8-17)22(31)12-32-13-22/h1-8,31H,9-13H2,(H,27,30). The Bertz CT molecular complexity index is 1170. The monoisotopic (exact) mass is 475 g/mol. The van der Waals surface area contributed by atoms with Crippen molar-refractivity contribution in [1.82, 2.24) is 9.88 Å². The zero-order valence-corrected chi connectivity index (χ0v) is 18.2. The number of rotatable bonds is 3. The Kier molecular flexibility index (Phi) is 5.38. The average Bonchev–Trinajstić information content (AvgIpc) is 3.21. The first kappa shape index (κ1) is 21.9. The molecular weight excluding hydrogens is 455 g/mol. The van der Waals surface area contributed by atoms with Crippen molar-refractivity contribution in [2.75, 3.05) is 25.1 Å². The van der Waals surface area contributed by atoms with E-state index in [9.17, 15) is 23.1 Å². The maximum Gasteiger partial charge on any atom is 0.416 e. The Balaban J connectivity index is 1.24.